The van der Waals surface area contributed by atoms with Crippen molar-refractivity contribution in [2.45, 2.75) is 19.8 Å². The summed E-state index contributed by atoms with van der Waals surface area (Å²) in [6.45, 7) is 4.31. The van der Waals surface area contributed by atoms with Crippen molar-refractivity contribution >= 4 is 27.8 Å². The highest BCUT2D eigenvalue weighted by atomic mass is 32.1. The molecule has 0 radical (unpaired) electrons. The predicted molar refractivity (Wildman–Crippen MR) is 66.9 cm³/mol. The molecular formula is C10H13N3S2. The highest BCUT2D eigenvalue weighted by molar-refractivity contribution is 7.16. The van der Waals surface area contributed by atoms with Gasteiger partial charge in [0.15, 0.2) is 5.13 Å². The van der Waals surface area contributed by atoms with Crippen molar-refractivity contribution in [2.75, 3.05) is 12.4 Å². The van der Waals surface area contributed by atoms with E-state index >= 15 is 0 Å². The van der Waals surface area contributed by atoms with Crippen LogP contribution in [0.4, 0.5) is 5.13 Å². The Kier molecular flexibility index (Phi) is 3.02. The standard InChI is InChI=1S/C10H13N3S2/c1-6(2)9-12-4-8(15-9)7-5-14-10(11-3)13-7/h4-6H,1-3H3,(H,11,13). The van der Waals surface area contributed by atoms with E-state index in [4.69, 9.17) is 0 Å². The lowest BCUT2D eigenvalue weighted by atomic mass is 10.2. The fourth-order valence-corrected chi connectivity index (χ4v) is 2.80. The molecule has 0 amide bonds. The molecule has 0 saturated carbocycles. The number of anilines is 1. The summed E-state index contributed by atoms with van der Waals surface area (Å²) in [6.07, 6.45) is 1.91. The first-order valence-electron chi connectivity index (χ1n) is 4.80. The molecule has 0 spiro atoms. The van der Waals surface area contributed by atoms with Crippen molar-refractivity contribution < 1.29 is 0 Å². The Morgan fingerprint density at radius 2 is 2.20 bits per heavy atom. The van der Waals surface area contributed by atoms with Crippen LogP contribution < -0.4 is 5.32 Å². The molecule has 0 unspecified atom stereocenters. The maximum absolute atomic E-state index is 4.45. The van der Waals surface area contributed by atoms with Gasteiger partial charge in [0.2, 0.25) is 0 Å². The second-order valence-corrected chi connectivity index (χ2v) is 5.43. The van der Waals surface area contributed by atoms with E-state index in [1.54, 1.807) is 22.7 Å². The van der Waals surface area contributed by atoms with Crippen LogP contribution in [-0.2, 0) is 0 Å². The summed E-state index contributed by atoms with van der Waals surface area (Å²) in [7, 11) is 1.88. The smallest absolute Gasteiger partial charge is 0.182 e. The summed E-state index contributed by atoms with van der Waals surface area (Å²) in [5, 5.41) is 7.22. The van der Waals surface area contributed by atoms with Gasteiger partial charge in [0.25, 0.3) is 0 Å². The van der Waals surface area contributed by atoms with Gasteiger partial charge in [-0.1, -0.05) is 13.8 Å². The number of rotatable bonds is 3. The maximum Gasteiger partial charge on any atom is 0.182 e. The molecule has 2 aromatic rings. The first kappa shape index (κ1) is 10.6. The summed E-state index contributed by atoms with van der Waals surface area (Å²) in [5.41, 5.74) is 1.02. The Hall–Kier alpha value is -0.940. The number of hydrogen-bond donors (Lipinski definition) is 1. The van der Waals surface area contributed by atoms with E-state index in [9.17, 15) is 0 Å². The third-order valence-electron chi connectivity index (χ3n) is 1.99. The fraction of sp³-hybridized carbons (Fsp3) is 0.400. The lowest BCUT2D eigenvalue weighted by molar-refractivity contribution is 0.852. The fourth-order valence-electron chi connectivity index (χ4n) is 1.17. The van der Waals surface area contributed by atoms with Gasteiger partial charge in [-0.3, -0.25) is 0 Å². The van der Waals surface area contributed by atoms with E-state index in [2.05, 4.69) is 34.5 Å². The van der Waals surface area contributed by atoms with E-state index in [0.29, 0.717) is 5.92 Å². The van der Waals surface area contributed by atoms with Crippen LogP contribution in [0.3, 0.4) is 0 Å². The van der Waals surface area contributed by atoms with Crippen LogP contribution in [0.5, 0.6) is 0 Å². The van der Waals surface area contributed by atoms with Crippen LogP contribution in [-0.4, -0.2) is 17.0 Å². The Bertz CT molecular complexity index is 445. The van der Waals surface area contributed by atoms with E-state index < -0.39 is 0 Å². The van der Waals surface area contributed by atoms with E-state index in [0.717, 1.165) is 15.7 Å². The van der Waals surface area contributed by atoms with E-state index in [1.165, 1.54) is 5.01 Å². The molecule has 3 nitrogen and oxygen atoms in total. The number of thiazole rings is 2. The molecule has 0 atom stereocenters. The summed E-state index contributed by atoms with van der Waals surface area (Å²) in [6, 6.07) is 0. The third kappa shape index (κ3) is 2.18. The molecule has 0 bridgehead atoms. The molecule has 2 aromatic heterocycles. The first-order valence-corrected chi connectivity index (χ1v) is 6.49. The summed E-state index contributed by atoms with van der Waals surface area (Å²) < 4.78 is 0. The maximum atomic E-state index is 4.45. The van der Waals surface area contributed by atoms with Gasteiger partial charge < -0.3 is 5.32 Å². The molecule has 80 valence electrons. The molecule has 0 aliphatic heterocycles. The molecule has 0 saturated heterocycles. The SMILES string of the molecule is CNc1nc(-c2cnc(C(C)C)s2)cs1. The highest BCUT2D eigenvalue weighted by Crippen LogP contribution is 2.31. The Morgan fingerprint density at radius 1 is 1.40 bits per heavy atom. The molecular weight excluding hydrogens is 226 g/mol. The Morgan fingerprint density at radius 3 is 2.73 bits per heavy atom. The molecule has 0 aliphatic rings. The van der Waals surface area contributed by atoms with Crippen LogP contribution in [0.1, 0.15) is 24.8 Å². The van der Waals surface area contributed by atoms with Crippen molar-refractivity contribution in [3.05, 3.63) is 16.6 Å². The summed E-state index contributed by atoms with van der Waals surface area (Å²) in [4.78, 5) is 9.99. The van der Waals surface area contributed by atoms with Crippen LogP contribution in [0.2, 0.25) is 0 Å². The number of nitrogens with zero attached hydrogens (tertiary/aromatic N) is 2. The molecule has 1 N–H and O–H groups in total. The van der Waals surface area contributed by atoms with Gasteiger partial charge in [-0.25, -0.2) is 9.97 Å². The second kappa shape index (κ2) is 4.28. The average Bonchev–Trinajstić information content (AvgIpc) is 2.86. The lowest BCUT2D eigenvalue weighted by Crippen LogP contribution is -1.85. The minimum atomic E-state index is 0.492. The van der Waals surface area contributed by atoms with Crippen molar-refractivity contribution in [2.24, 2.45) is 0 Å². The molecule has 5 heteroatoms. The van der Waals surface area contributed by atoms with Gasteiger partial charge in [-0.2, -0.15) is 0 Å². The van der Waals surface area contributed by atoms with E-state index in [-0.39, 0.29) is 0 Å². The minimum absolute atomic E-state index is 0.492. The van der Waals surface area contributed by atoms with Gasteiger partial charge in [-0.15, -0.1) is 22.7 Å². The minimum Gasteiger partial charge on any atom is -0.365 e. The normalized spacial score (nSPS) is 10.9. The zero-order valence-corrected chi connectivity index (χ0v) is 10.6. The zero-order valence-electron chi connectivity index (χ0n) is 8.94. The molecule has 0 aromatic carbocycles. The van der Waals surface area contributed by atoms with Gasteiger partial charge >= 0.3 is 0 Å². The number of nitrogens with one attached hydrogen (secondary N) is 1. The Labute approximate surface area is 97.2 Å². The zero-order chi connectivity index (χ0) is 10.8. The van der Waals surface area contributed by atoms with Gasteiger partial charge in [0.05, 0.1) is 15.6 Å². The largest absolute Gasteiger partial charge is 0.365 e. The summed E-state index contributed by atoms with van der Waals surface area (Å²) in [5.74, 6) is 0.492. The lowest BCUT2D eigenvalue weighted by Gasteiger charge is -1.95. The van der Waals surface area contributed by atoms with Crippen molar-refractivity contribution in [1.29, 1.82) is 0 Å². The molecule has 15 heavy (non-hydrogen) atoms. The van der Waals surface area contributed by atoms with Crippen molar-refractivity contribution in [3.8, 4) is 10.6 Å². The number of hydrogen-bond acceptors (Lipinski definition) is 5. The third-order valence-corrected chi connectivity index (χ3v) is 4.17. The molecule has 0 aliphatic carbocycles. The number of aromatic nitrogens is 2. The van der Waals surface area contributed by atoms with E-state index in [1.807, 2.05) is 13.2 Å². The van der Waals surface area contributed by atoms with Gasteiger partial charge in [-0.05, 0) is 0 Å². The monoisotopic (exact) mass is 239 g/mol. The average molecular weight is 239 g/mol. The summed E-state index contributed by atoms with van der Waals surface area (Å²) >= 11 is 3.34. The first-order chi connectivity index (χ1) is 7.20. The molecule has 2 rings (SSSR count). The highest BCUT2D eigenvalue weighted by Gasteiger charge is 2.09. The molecule has 0 fully saturated rings. The van der Waals surface area contributed by atoms with Crippen LogP contribution in [0, 0.1) is 0 Å². The topological polar surface area (TPSA) is 37.8 Å². The van der Waals surface area contributed by atoms with Crippen LogP contribution in [0.25, 0.3) is 10.6 Å². The Balaban J connectivity index is 2.28. The van der Waals surface area contributed by atoms with Crippen LogP contribution >= 0.6 is 22.7 Å². The molecule has 2 heterocycles. The van der Waals surface area contributed by atoms with Gasteiger partial charge in [0, 0.05) is 24.5 Å². The quantitative estimate of drug-likeness (QED) is 0.891. The van der Waals surface area contributed by atoms with Crippen molar-refractivity contribution in [3.63, 3.8) is 0 Å². The predicted octanol–water partition coefficient (Wildman–Crippen LogP) is 3.43. The second-order valence-electron chi connectivity index (χ2n) is 3.51. The van der Waals surface area contributed by atoms with Crippen LogP contribution in [0.15, 0.2) is 11.6 Å². The van der Waals surface area contributed by atoms with Gasteiger partial charge in [0.1, 0.15) is 0 Å². The van der Waals surface area contributed by atoms with Crippen molar-refractivity contribution in [1.82, 2.24) is 9.97 Å².